The molecule has 4 rings (SSSR count). The van der Waals surface area contributed by atoms with Gasteiger partial charge in [0, 0.05) is 56.3 Å². The van der Waals surface area contributed by atoms with Crippen LogP contribution in [0.5, 0.6) is 0 Å². The maximum absolute atomic E-state index is 13.3. The van der Waals surface area contributed by atoms with Gasteiger partial charge < -0.3 is 14.9 Å². The van der Waals surface area contributed by atoms with Crippen LogP contribution in [-0.4, -0.2) is 66.7 Å². The summed E-state index contributed by atoms with van der Waals surface area (Å²) in [5.74, 6) is 1.13. The molecule has 1 fully saturated rings. The molecule has 2 aliphatic heterocycles. The Morgan fingerprint density at radius 3 is 2.31 bits per heavy atom. The first-order chi connectivity index (χ1) is 14.2. The molecule has 1 saturated heterocycles. The number of aliphatic hydroxyl groups is 1. The maximum atomic E-state index is 13.3. The van der Waals surface area contributed by atoms with Crippen LogP contribution in [0.3, 0.4) is 0 Å². The third-order valence-corrected chi connectivity index (χ3v) is 6.92. The Morgan fingerprint density at radius 2 is 1.55 bits per heavy atom. The monoisotopic (exact) mass is 411 g/mol. The molecule has 0 radical (unpaired) electrons. The standard InChI is InChI=1S/C23H29N3O2S/c27-16-15-25-13-11-24(12-14-25)10-9-23(28)26-17-19-5-1-2-6-20(19)18-29-22-8-4-3-7-21(22)26/h1-8,27H,9-18H2. The summed E-state index contributed by atoms with van der Waals surface area (Å²) in [5, 5.41) is 9.09. The minimum atomic E-state index is 0.188. The van der Waals surface area contributed by atoms with E-state index >= 15 is 0 Å². The summed E-state index contributed by atoms with van der Waals surface area (Å²) in [6, 6.07) is 16.7. The number of benzene rings is 2. The fourth-order valence-electron chi connectivity index (χ4n) is 4.05. The summed E-state index contributed by atoms with van der Waals surface area (Å²) < 4.78 is 0. The number of carbonyl (C=O) groups is 1. The number of fused-ring (bicyclic) bond motifs is 2. The number of carbonyl (C=O) groups excluding carboxylic acids is 1. The van der Waals surface area contributed by atoms with Gasteiger partial charge in [-0.05, 0) is 23.3 Å². The molecule has 1 amide bonds. The lowest BCUT2D eigenvalue weighted by atomic mass is 10.1. The Labute approximate surface area is 177 Å². The van der Waals surface area contributed by atoms with E-state index in [0.717, 1.165) is 50.7 Å². The zero-order chi connectivity index (χ0) is 20.1. The van der Waals surface area contributed by atoms with Crippen molar-refractivity contribution in [3.8, 4) is 0 Å². The lowest BCUT2D eigenvalue weighted by molar-refractivity contribution is -0.119. The molecule has 1 N–H and O–H groups in total. The summed E-state index contributed by atoms with van der Waals surface area (Å²) in [4.78, 5) is 21.1. The molecule has 0 aliphatic carbocycles. The molecule has 2 aliphatic rings. The molecule has 0 saturated carbocycles. The molecule has 5 nitrogen and oxygen atoms in total. The number of nitrogens with zero attached hydrogens (tertiary/aromatic N) is 3. The number of piperazine rings is 1. The predicted octanol–water partition coefficient (Wildman–Crippen LogP) is 2.83. The third-order valence-electron chi connectivity index (χ3n) is 5.81. The smallest absolute Gasteiger partial charge is 0.228 e. The van der Waals surface area contributed by atoms with Crippen LogP contribution in [0, 0.1) is 0 Å². The molecule has 0 unspecified atom stereocenters. The van der Waals surface area contributed by atoms with Crippen LogP contribution < -0.4 is 4.90 Å². The van der Waals surface area contributed by atoms with Gasteiger partial charge in [0.2, 0.25) is 5.91 Å². The fourth-order valence-corrected chi connectivity index (χ4v) is 5.15. The van der Waals surface area contributed by atoms with Crippen molar-refractivity contribution in [2.75, 3.05) is 50.8 Å². The molecule has 154 valence electrons. The summed E-state index contributed by atoms with van der Waals surface area (Å²) in [6.45, 7) is 6.23. The second-order valence-corrected chi connectivity index (χ2v) is 8.68. The highest BCUT2D eigenvalue weighted by molar-refractivity contribution is 7.98. The number of hydrogen-bond donors (Lipinski definition) is 1. The quantitative estimate of drug-likeness (QED) is 0.820. The average molecular weight is 412 g/mol. The van der Waals surface area contributed by atoms with E-state index in [9.17, 15) is 4.79 Å². The Morgan fingerprint density at radius 1 is 0.897 bits per heavy atom. The van der Waals surface area contributed by atoms with Crippen LogP contribution in [0.15, 0.2) is 53.4 Å². The molecule has 0 bridgehead atoms. The van der Waals surface area contributed by atoms with Gasteiger partial charge in [-0.1, -0.05) is 36.4 Å². The second-order valence-electron chi connectivity index (χ2n) is 7.66. The number of amides is 1. The van der Waals surface area contributed by atoms with E-state index in [2.05, 4.69) is 46.2 Å². The summed E-state index contributed by atoms with van der Waals surface area (Å²) in [6.07, 6.45) is 0.529. The van der Waals surface area contributed by atoms with Crippen LogP contribution in [0.25, 0.3) is 0 Å². The Kier molecular flexibility index (Phi) is 6.87. The first-order valence-corrected chi connectivity index (χ1v) is 11.4. The molecular formula is C23H29N3O2S. The van der Waals surface area contributed by atoms with Crippen LogP contribution in [0.4, 0.5) is 5.69 Å². The first kappa shape index (κ1) is 20.4. The number of para-hydroxylation sites is 1. The van der Waals surface area contributed by atoms with Gasteiger partial charge in [0.15, 0.2) is 0 Å². The zero-order valence-electron chi connectivity index (χ0n) is 16.8. The van der Waals surface area contributed by atoms with Crippen molar-refractivity contribution in [3.05, 3.63) is 59.7 Å². The number of thioether (sulfide) groups is 1. The molecule has 0 spiro atoms. The Hall–Kier alpha value is -1.86. The lowest BCUT2D eigenvalue weighted by Gasteiger charge is -2.35. The van der Waals surface area contributed by atoms with Crippen LogP contribution in [0.2, 0.25) is 0 Å². The van der Waals surface area contributed by atoms with Gasteiger partial charge in [-0.3, -0.25) is 9.69 Å². The number of β-amino-alcohol motifs (C(OH)–C–C–N with tert-alkyl or cyclic N) is 1. The number of aliphatic hydroxyl groups excluding tert-OH is 1. The number of hydrogen-bond acceptors (Lipinski definition) is 5. The largest absolute Gasteiger partial charge is 0.395 e. The summed E-state index contributed by atoms with van der Waals surface area (Å²) in [7, 11) is 0. The highest BCUT2D eigenvalue weighted by Gasteiger charge is 2.24. The normalized spacial score (nSPS) is 17.9. The van der Waals surface area contributed by atoms with Crippen LogP contribution in [-0.2, 0) is 17.1 Å². The van der Waals surface area contributed by atoms with Gasteiger partial charge in [0.1, 0.15) is 0 Å². The summed E-state index contributed by atoms with van der Waals surface area (Å²) in [5.41, 5.74) is 3.58. The van der Waals surface area contributed by atoms with Crippen LogP contribution >= 0.6 is 11.8 Å². The van der Waals surface area contributed by atoms with Crippen molar-refractivity contribution in [2.24, 2.45) is 0 Å². The maximum Gasteiger partial charge on any atom is 0.228 e. The van der Waals surface area contributed by atoms with Gasteiger partial charge in [-0.25, -0.2) is 0 Å². The number of rotatable bonds is 5. The first-order valence-electron chi connectivity index (χ1n) is 10.4. The highest BCUT2D eigenvalue weighted by Crippen LogP contribution is 2.36. The lowest BCUT2D eigenvalue weighted by Crippen LogP contribution is -2.48. The van der Waals surface area contributed by atoms with Gasteiger partial charge in [0.05, 0.1) is 18.8 Å². The Bertz CT molecular complexity index is 836. The van der Waals surface area contributed by atoms with Crippen molar-refractivity contribution in [1.82, 2.24) is 9.80 Å². The van der Waals surface area contributed by atoms with E-state index in [-0.39, 0.29) is 12.5 Å². The molecule has 0 aromatic heterocycles. The molecule has 2 aromatic carbocycles. The fraction of sp³-hybridized carbons (Fsp3) is 0.435. The minimum absolute atomic E-state index is 0.188. The average Bonchev–Trinajstić information content (AvgIpc) is 2.75. The summed E-state index contributed by atoms with van der Waals surface area (Å²) >= 11 is 1.81. The van der Waals surface area contributed by atoms with Gasteiger partial charge in [-0.2, -0.15) is 0 Å². The van der Waals surface area contributed by atoms with E-state index in [4.69, 9.17) is 5.11 Å². The topological polar surface area (TPSA) is 47.0 Å². The zero-order valence-corrected chi connectivity index (χ0v) is 17.6. The van der Waals surface area contributed by atoms with E-state index in [1.807, 2.05) is 28.8 Å². The van der Waals surface area contributed by atoms with E-state index < -0.39 is 0 Å². The molecular weight excluding hydrogens is 382 g/mol. The SMILES string of the molecule is O=C(CCN1CCN(CCO)CC1)N1Cc2ccccc2CSc2ccccc21. The van der Waals surface area contributed by atoms with Crippen molar-refractivity contribution >= 4 is 23.4 Å². The van der Waals surface area contributed by atoms with Gasteiger partial charge >= 0.3 is 0 Å². The molecule has 0 atom stereocenters. The van der Waals surface area contributed by atoms with E-state index in [1.54, 1.807) is 0 Å². The van der Waals surface area contributed by atoms with Crippen LogP contribution in [0.1, 0.15) is 17.5 Å². The minimum Gasteiger partial charge on any atom is -0.395 e. The van der Waals surface area contributed by atoms with Crippen molar-refractivity contribution in [3.63, 3.8) is 0 Å². The van der Waals surface area contributed by atoms with Crippen molar-refractivity contribution in [1.29, 1.82) is 0 Å². The predicted molar refractivity (Wildman–Crippen MR) is 118 cm³/mol. The highest BCUT2D eigenvalue weighted by atomic mass is 32.2. The van der Waals surface area contributed by atoms with Crippen molar-refractivity contribution < 1.29 is 9.90 Å². The molecule has 6 heteroatoms. The number of anilines is 1. The van der Waals surface area contributed by atoms with E-state index in [0.29, 0.717) is 13.0 Å². The van der Waals surface area contributed by atoms with Crippen molar-refractivity contribution in [2.45, 2.75) is 23.6 Å². The van der Waals surface area contributed by atoms with E-state index in [1.165, 1.54) is 16.0 Å². The third kappa shape index (κ3) is 5.01. The van der Waals surface area contributed by atoms with Gasteiger partial charge in [0.25, 0.3) is 0 Å². The van der Waals surface area contributed by atoms with Gasteiger partial charge in [-0.15, -0.1) is 11.8 Å². The Balaban J connectivity index is 1.45. The molecule has 29 heavy (non-hydrogen) atoms. The second kappa shape index (κ2) is 9.76. The molecule has 2 heterocycles. The molecule has 2 aromatic rings.